The van der Waals surface area contributed by atoms with Crippen molar-refractivity contribution in [2.75, 3.05) is 5.32 Å². The molecule has 2 aromatic rings. The van der Waals surface area contributed by atoms with Gasteiger partial charge >= 0.3 is 0 Å². The summed E-state index contributed by atoms with van der Waals surface area (Å²) in [7, 11) is -3.54. The average molecular weight is 356 g/mol. The smallest absolute Gasteiger partial charge is 0.234 e. The molecule has 0 spiro atoms. The van der Waals surface area contributed by atoms with Crippen molar-refractivity contribution in [3.8, 4) is 0 Å². The molecule has 0 heterocycles. The van der Waals surface area contributed by atoms with Gasteiger partial charge < -0.3 is 5.32 Å². The zero-order valence-corrected chi connectivity index (χ0v) is 14.5. The molecule has 0 atom stereocenters. The molecule has 0 aromatic heterocycles. The standard InChI is InChI=1S/C19H20N2O3S/c22-19(17-9-10-17)21-18-8-4-7-16(13-18)14-20-25(23,24)12-11-15-5-2-1-3-6-15/h1-8,11-13,17,20H,9-10,14H2,(H,21,22)/b12-11+. The topological polar surface area (TPSA) is 75.3 Å². The Morgan fingerprint density at radius 2 is 1.84 bits per heavy atom. The highest BCUT2D eigenvalue weighted by Gasteiger charge is 2.29. The van der Waals surface area contributed by atoms with E-state index in [-0.39, 0.29) is 18.4 Å². The molecule has 1 amide bonds. The Kier molecular flexibility index (Phi) is 5.31. The van der Waals surface area contributed by atoms with Gasteiger partial charge in [0.25, 0.3) is 0 Å². The molecule has 0 saturated heterocycles. The molecule has 3 rings (SSSR count). The molecule has 25 heavy (non-hydrogen) atoms. The van der Waals surface area contributed by atoms with Crippen molar-refractivity contribution in [3.63, 3.8) is 0 Å². The van der Waals surface area contributed by atoms with Gasteiger partial charge in [0.2, 0.25) is 15.9 Å². The third-order valence-electron chi connectivity index (χ3n) is 3.86. The van der Waals surface area contributed by atoms with Crippen molar-refractivity contribution >= 4 is 27.7 Å². The predicted molar refractivity (Wildman–Crippen MR) is 99.0 cm³/mol. The van der Waals surface area contributed by atoms with Crippen LogP contribution in [0.15, 0.2) is 60.0 Å². The normalized spacial score (nSPS) is 14.6. The lowest BCUT2D eigenvalue weighted by Gasteiger charge is -2.07. The quantitative estimate of drug-likeness (QED) is 0.800. The molecular formula is C19H20N2O3S. The van der Waals surface area contributed by atoms with Gasteiger partial charge in [-0.3, -0.25) is 4.79 Å². The predicted octanol–water partition coefficient (Wildman–Crippen LogP) is 3.13. The van der Waals surface area contributed by atoms with E-state index in [1.165, 1.54) is 0 Å². The zero-order chi connectivity index (χ0) is 17.7. The summed E-state index contributed by atoms with van der Waals surface area (Å²) in [6, 6.07) is 16.4. The van der Waals surface area contributed by atoms with Crippen molar-refractivity contribution in [1.82, 2.24) is 4.72 Å². The second-order valence-electron chi connectivity index (χ2n) is 6.04. The Bertz CT molecular complexity index is 873. The van der Waals surface area contributed by atoms with Gasteiger partial charge in [-0.25, -0.2) is 13.1 Å². The number of carbonyl (C=O) groups is 1. The van der Waals surface area contributed by atoms with E-state index in [1.54, 1.807) is 24.3 Å². The van der Waals surface area contributed by atoms with Crippen LogP contribution < -0.4 is 10.0 Å². The SMILES string of the molecule is O=C(Nc1cccc(CNS(=O)(=O)/C=C/c2ccccc2)c1)C1CC1. The first-order chi connectivity index (χ1) is 12.0. The fourth-order valence-corrected chi connectivity index (χ4v) is 3.11. The Morgan fingerprint density at radius 3 is 2.56 bits per heavy atom. The van der Waals surface area contributed by atoms with Crippen LogP contribution in [0.4, 0.5) is 5.69 Å². The van der Waals surface area contributed by atoms with Gasteiger partial charge in [-0.15, -0.1) is 0 Å². The fraction of sp³-hybridized carbons (Fsp3) is 0.211. The molecule has 2 N–H and O–H groups in total. The molecule has 130 valence electrons. The minimum Gasteiger partial charge on any atom is -0.326 e. The summed E-state index contributed by atoms with van der Waals surface area (Å²) >= 11 is 0. The second kappa shape index (κ2) is 7.63. The highest BCUT2D eigenvalue weighted by atomic mass is 32.2. The molecule has 1 saturated carbocycles. The molecule has 0 radical (unpaired) electrons. The van der Waals surface area contributed by atoms with Crippen LogP contribution in [0.1, 0.15) is 24.0 Å². The van der Waals surface area contributed by atoms with Gasteiger partial charge in [0.05, 0.1) is 0 Å². The van der Waals surface area contributed by atoms with Crippen LogP contribution in [-0.2, 0) is 21.4 Å². The number of hydrogen-bond donors (Lipinski definition) is 2. The maximum atomic E-state index is 12.1. The van der Waals surface area contributed by atoms with Crippen molar-refractivity contribution < 1.29 is 13.2 Å². The highest BCUT2D eigenvalue weighted by molar-refractivity contribution is 7.92. The van der Waals surface area contributed by atoms with Gasteiger partial charge in [0, 0.05) is 23.6 Å². The lowest BCUT2D eigenvalue weighted by atomic mass is 10.2. The van der Waals surface area contributed by atoms with Gasteiger partial charge in [0.15, 0.2) is 0 Å². The monoisotopic (exact) mass is 356 g/mol. The van der Waals surface area contributed by atoms with Crippen LogP contribution in [0.25, 0.3) is 6.08 Å². The van der Waals surface area contributed by atoms with E-state index in [1.807, 2.05) is 36.4 Å². The summed E-state index contributed by atoms with van der Waals surface area (Å²) < 4.78 is 26.7. The molecule has 2 aromatic carbocycles. The third kappa shape index (κ3) is 5.55. The Hall–Kier alpha value is -2.44. The van der Waals surface area contributed by atoms with Gasteiger partial charge in [-0.1, -0.05) is 42.5 Å². The Morgan fingerprint density at radius 1 is 1.08 bits per heavy atom. The number of hydrogen-bond acceptors (Lipinski definition) is 3. The number of amides is 1. The summed E-state index contributed by atoms with van der Waals surface area (Å²) in [4.78, 5) is 11.8. The zero-order valence-electron chi connectivity index (χ0n) is 13.7. The number of rotatable bonds is 7. The first kappa shape index (κ1) is 17.4. The lowest BCUT2D eigenvalue weighted by Crippen LogP contribution is -2.20. The van der Waals surface area contributed by atoms with E-state index < -0.39 is 10.0 Å². The molecule has 1 aliphatic rings. The van der Waals surface area contributed by atoms with Crippen LogP contribution in [0, 0.1) is 5.92 Å². The minimum absolute atomic E-state index is 0.0310. The van der Waals surface area contributed by atoms with Gasteiger partial charge in [-0.2, -0.15) is 0 Å². The highest BCUT2D eigenvalue weighted by Crippen LogP contribution is 2.30. The van der Waals surface area contributed by atoms with Crippen molar-refractivity contribution in [2.24, 2.45) is 5.92 Å². The van der Waals surface area contributed by atoms with Crippen molar-refractivity contribution in [3.05, 3.63) is 71.1 Å². The second-order valence-corrected chi connectivity index (χ2v) is 7.69. The number of sulfonamides is 1. The maximum absolute atomic E-state index is 12.1. The minimum atomic E-state index is -3.54. The number of nitrogens with one attached hydrogen (secondary N) is 2. The van der Waals surface area contributed by atoms with Crippen LogP contribution >= 0.6 is 0 Å². The van der Waals surface area contributed by atoms with Crippen LogP contribution in [-0.4, -0.2) is 14.3 Å². The van der Waals surface area contributed by atoms with E-state index in [4.69, 9.17) is 0 Å². The largest absolute Gasteiger partial charge is 0.326 e. The van der Waals surface area contributed by atoms with Gasteiger partial charge in [0.1, 0.15) is 0 Å². The summed E-state index contributed by atoms with van der Waals surface area (Å²) in [6.07, 6.45) is 3.44. The Balaban J connectivity index is 1.58. The van der Waals surface area contributed by atoms with E-state index >= 15 is 0 Å². The van der Waals surface area contributed by atoms with Crippen LogP contribution in [0.3, 0.4) is 0 Å². The first-order valence-electron chi connectivity index (χ1n) is 8.14. The third-order valence-corrected chi connectivity index (χ3v) is 4.90. The van der Waals surface area contributed by atoms with Crippen LogP contribution in [0.5, 0.6) is 0 Å². The van der Waals surface area contributed by atoms with E-state index in [2.05, 4.69) is 10.0 Å². The van der Waals surface area contributed by atoms with Gasteiger partial charge in [-0.05, 0) is 42.2 Å². The molecule has 0 unspecified atom stereocenters. The molecule has 0 aliphatic heterocycles. The fourth-order valence-electron chi connectivity index (χ4n) is 2.31. The molecule has 6 heteroatoms. The van der Waals surface area contributed by atoms with E-state index in [9.17, 15) is 13.2 Å². The molecule has 0 bridgehead atoms. The maximum Gasteiger partial charge on any atom is 0.234 e. The lowest BCUT2D eigenvalue weighted by molar-refractivity contribution is -0.117. The molecule has 1 aliphatic carbocycles. The summed E-state index contributed by atoms with van der Waals surface area (Å²) in [5.74, 6) is 0.161. The average Bonchev–Trinajstić information content (AvgIpc) is 3.45. The van der Waals surface area contributed by atoms with Crippen LogP contribution in [0.2, 0.25) is 0 Å². The summed E-state index contributed by atoms with van der Waals surface area (Å²) in [6.45, 7) is 0.161. The van der Waals surface area contributed by atoms with E-state index in [0.717, 1.165) is 29.4 Å². The molecular weight excluding hydrogens is 336 g/mol. The van der Waals surface area contributed by atoms with E-state index in [0.29, 0.717) is 5.69 Å². The van der Waals surface area contributed by atoms with Crippen molar-refractivity contribution in [2.45, 2.75) is 19.4 Å². The molecule has 1 fully saturated rings. The van der Waals surface area contributed by atoms with Crippen molar-refractivity contribution in [1.29, 1.82) is 0 Å². The summed E-state index contributed by atoms with van der Waals surface area (Å²) in [5, 5.41) is 4.01. The summed E-state index contributed by atoms with van der Waals surface area (Å²) in [5.41, 5.74) is 2.29. The first-order valence-corrected chi connectivity index (χ1v) is 9.69. The number of benzene rings is 2. The number of anilines is 1. The Labute approximate surface area is 147 Å². The molecule has 5 nitrogen and oxygen atoms in total. The number of carbonyl (C=O) groups excluding carboxylic acids is 1.